The number of hydrogen-bond donors (Lipinski definition) is 1. The minimum absolute atomic E-state index is 0.0607. The lowest BCUT2D eigenvalue weighted by Gasteiger charge is -2.09. The molecule has 1 aromatic heterocycles. The highest BCUT2D eigenvalue weighted by Gasteiger charge is 2.06. The third-order valence-electron chi connectivity index (χ3n) is 3.62. The number of amides is 1. The first-order chi connectivity index (χ1) is 11.1. The third-order valence-corrected chi connectivity index (χ3v) is 3.62. The van der Waals surface area contributed by atoms with Crippen LogP contribution >= 0.6 is 0 Å². The maximum absolute atomic E-state index is 11.8. The lowest BCUT2D eigenvalue weighted by Crippen LogP contribution is -2.26. The van der Waals surface area contributed by atoms with Crippen LogP contribution in [-0.2, 0) is 17.9 Å². The molecule has 23 heavy (non-hydrogen) atoms. The molecule has 1 amide bonds. The molecule has 0 saturated heterocycles. The normalized spacial score (nSPS) is 10.8. The predicted molar refractivity (Wildman–Crippen MR) is 88.2 cm³/mol. The van der Waals surface area contributed by atoms with Crippen molar-refractivity contribution in [3.05, 3.63) is 42.0 Å². The van der Waals surface area contributed by atoms with Crippen molar-refractivity contribution in [2.45, 2.75) is 46.2 Å². The van der Waals surface area contributed by atoms with E-state index in [0.29, 0.717) is 25.5 Å². The van der Waals surface area contributed by atoms with Crippen LogP contribution in [0.5, 0.6) is 5.75 Å². The Labute approximate surface area is 136 Å². The standard InChI is InChI=1S/C17H24N4O2/c1-4-21-12-19-20-16(21)11-18-17(22)9-10-23-15-7-5-14(6-8-15)13(2)3/h5-8,12-13H,4,9-11H2,1-3H3,(H,18,22). The van der Waals surface area contributed by atoms with Crippen molar-refractivity contribution >= 4 is 5.91 Å². The number of hydrogen-bond acceptors (Lipinski definition) is 4. The molecule has 0 unspecified atom stereocenters. The quantitative estimate of drug-likeness (QED) is 0.812. The smallest absolute Gasteiger partial charge is 0.223 e. The van der Waals surface area contributed by atoms with Crippen molar-refractivity contribution in [1.29, 1.82) is 0 Å². The number of aryl methyl sites for hydroxylation is 1. The molecule has 2 aromatic rings. The number of nitrogens with one attached hydrogen (secondary N) is 1. The second kappa shape index (κ2) is 8.31. The van der Waals surface area contributed by atoms with E-state index in [9.17, 15) is 4.79 Å². The van der Waals surface area contributed by atoms with Crippen LogP contribution in [0.1, 0.15) is 44.5 Å². The number of benzene rings is 1. The summed E-state index contributed by atoms with van der Waals surface area (Å²) in [6, 6.07) is 7.99. The van der Waals surface area contributed by atoms with Gasteiger partial charge < -0.3 is 14.6 Å². The number of ether oxygens (including phenoxy) is 1. The van der Waals surface area contributed by atoms with Crippen LogP contribution in [0.25, 0.3) is 0 Å². The summed E-state index contributed by atoms with van der Waals surface area (Å²) in [7, 11) is 0. The van der Waals surface area contributed by atoms with Gasteiger partial charge in [0, 0.05) is 6.54 Å². The molecule has 0 saturated carbocycles. The number of carbonyl (C=O) groups is 1. The van der Waals surface area contributed by atoms with Crippen molar-refractivity contribution in [1.82, 2.24) is 20.1 Å². The van der Waals surface area contributed by atoms with Gasteiger partial charge in [-0.1, -0.05) is 26.0 Å². The van der Waals surface area contributed by atoms with Crippen molar-refractivity contribution in [3.63, 3.8) is 0 Å². The molecular weight excluding hydrogens is 292 g/mol. The first kappa shape index (κ1) is 17.0. The molecule has 6 nitrogen and oxygen atoms in total. The molecule has 0 aliphatic rings. The van der Waals surface area contributed by atoms with E-state index in [1.165, 1.54) is 5.56 Å². The maximum Gasteiger partial charge on any atom is 0.223 e. The SMILES string of the molecule is CCn1cnnc1CNC(=O)CCOc1ccc(C(C)C)cc1. The highest BCUT2D eigenvalue weighted by molar-refractivity contribution is 5.75. The number of carbonyl (C=O) groups excluding carboxylic acids is 1. The molecule has 1 heterocycles. The zero-order valence-electron chi connectivity index (χ0n) is 14.0. The van der Waals surface area contributed by atoms with Gasteiger partial charge in [-0.15, -0.1) is 10.2 Å². The van der Waals surface area contributed by atoms with E-state index in [0.717, 1.165) is 18.1 Å². The average molecular weight is 316 g/mol. The summed E-state index contributed by atoms with van der Waals surface area (Å²) < 4.78 is 7.50. The fraction of sp³-hybridized carbons (Fsp3) is 0.471. The number of nitrogens with zero attached hydrogens (tertiary/aromatic N) is 3. The predicted octanol–water partition coefficient (Wildman–Crippen LogP) is 2.51. The molecule has 6 heteroatoms. The zero-order valence-corrected chi connectivity index (χ0v) is 14.0. The van der Waals surface area contributed by atoms with Crippen LogP contribution in [-0.4, -0.2) is 27.3 Å². The van der Waals surface area contributed by atoms with Crippen molar-refractivity contribution in [2.75, 3.05) is 6.61 Å². The molecule has 0 spiro atoms. The van der Waals surface area contributed by atoms with Crippen LogP contribution in [0.15, 0.2) is 30.6 Å². The summed E-state index contributed by atoms with van der Waals surface area (Å²) in [4.78, 5) is 11.8. The first-order valence-corrected chi connectivity index (χ1v) is 7.96. The van der Waals surface area contributed by atoms with Crippen molar-refractivity contribution < 1.29 is 9.53 Å². The summed E-state index contributed by atoms with van der Waals surface area (Å²) in [6.07, 6.45) is 1.97. The van der Waals surface area contributed by atoms with E-state index in [-0.39, 0.29) is 5.91 Å². The van der Waals surface area contributed by atoms with Gasteiger partial charge in [-0.3, -0.25) is 4.79 Å². The Morgan fingerprint density at radius 3 is 2.70 bits per heavy atom. The Kier molecular flexibility index (Phi) is 6.14. The van der Waals surface area contributed by atoms with Crippen molar-refractivity contribution in [2.24, 2.45) is 0 Å². The first-order valence-electron chi connectivity index (χ1n) is 7.96. The largest absolute Gasteiger partial charge is 0.493 e. The van der Waals surface area contributed by atoms with Crippen LogP contribution in [0.2, 0.25) is 0 Å². The molecule has 0 aliphatic heterocycles. The summed E-state index contributed by atoms with van der Waals surface area (Å²) in [5.41, 5.74) is 1.27. The van der Waals surface area contributed by atoms with Gasteiger partial charge in [0.1, 0.15) is 12.1 Å². The van der Waals surface area contributed by atoms with Crippen molar-refractivity contribution in [3.8, 4) is 5.75 Å². The second-order valence-electron chi connectivity index (χ2n) is 5.63. The summed E-state index contributed by atoms with van der Waals surface area (Å²) >= 11 is 0. The van der Waals surface area contributed by atoms with E-state index >= 15 is 0 Å². The van der Waals surface area contributed by atoms with E-state index in [4.69, 9.17) is 4.74 Å². The summed E-state index contributed by atoms with van der Waals surface area (Å²) in [5, 5.41) is 10.6. The van der Waals surface area contributed by atoms with Gasteiger partial charge in [-0.05, 0) is 30.5 Å². The van der Waals surface area contributed by atoms with Crippen LogP contribution in [0.3, 0.4) is 0 Å². The van der Waals surface area contributed by atoms with E-state index in [2.05, 4.69) is 41.5 Å². The lowest BCUT2D eigenvalue weighted by molar-refractivity contribution is -0.121. The van der Waals surface area contributed by atoms with E-state index in [1.54, 1.807) is 6.33 Å². The molecule has 0 atom stereocenters. The van der Waals surface area contributed by atoms with E-state index in [1.807, 2.05) is 23.6 Å². The van der Waals surface area contributed by atoms with Crippen LogP contribution in [0, 0.1) is 0 Å². The van der Waals surface area contributed by atoms with Crippen LogP contribution in [0.4, 0.5) is 0 Å². The van der Waals surface area contributed by atoms with Gasteiger partial charge in [0.15, 0.2) is 5.82 Å². The van der Waals surface area contributed by atoms with Gasteiger partial charge in [-0.25, -0.2) is 0 Å². The van der Waals surface area contributed by atoms with Crippen LogP contribution < -0.4 is 10.1 Å². The Morgan fingerprint density at radius 1 is 1.30 bits per heavy atom. The Hall–Kier alpha value is -2.37. The summed E-state index contributed by atoms with van der Waals surface area (Å²) in [6.45, 7) is 7.84. The minimum atomic E-state index is -0.0607. The molecule has 1 aromatic carbocycles. The van der Waals surface area contributed by atoms with Gasteiger partial charge in [0.25, 0.3) is 0 Å². The fourth-order valence-corrected chi connectivity index (χ4v) is 2.16. The van der Waals surface area contributed by atoms with Gasteiger partial charge in [0.2, 0.25) is 5.91 Å². The average Bonchev–Trinajstić information content (AvgIpc) is 3.01. The molecule has 2 rings (SSSR count). The zero-order chi connectivity index (χ0) is 16.7. The Bertz CT molecular complexity index is 620. The minimum Gasteiger partial charge on any atom is -0.493 e. The van der Waals surface area contributed by atoms with Gasteiger partial charge in [-0.2, -0.15) is 0 Å². The number of aromatic nitrogens is 3. The third kappa shape index (κ3) is 5.09. The molecule has 0 aliphatic carbocycles. The second-order valence-corrected chi connectivity index (χ2v) is 5.63. The van der Waals surface area contributed by atoms with E-state index < -0.39 is 0 Å². The Balaban J connectivity index is 1.70. The molecule has 1 N–H and O–H groups in total. The van der Waals surface area contributed by atoms with Gasteiger partial charge >= 0.3 is 0 Å². The molecule has 124 valence electrons. The maximum atomic E-state index is 11.8. The number of rotatable bonds is 8. The van der Waals surface area contributed by atoms with Gasteiger partial charge in [0.05, 0.1) is 19.6 Å². The monoisotopic (exact) mass is 316 g/mol. The molecule has 0 fully saturated rings. The lowest BCUT2D eigenvalue weighted by atomic mass is 10.0. The Morgan fingerprint density at radius 2 is 2.04 bits per heavy atom. The molecule has 0 bridgehead atoms. The summed E-state index contributed by atoms with van der Waals surface area (Å²) in [5.74, 6) is 1.98. The highest BCUT2D eigenvalue weighted by Crippen LogP contribution is 2.18. The highest BCUT2D eigenvalue weighted by atomic mass is 16.5. The fourth-order valence-electron chi connectivity index (χ4n) is 2.16. The molecule has 0 radical (unpaired) electrons. The molecular formula is C17H24N4O2. The topological polar surface area (TPSA) is 69.0 Å².